The molecule has 0 heterocycles. The fourth-order valence-corrected chi connectivity index (χ4v) is 0.854. The van der Waals surface area contributed by atoms with E-state index in [9.17, 15) is 15.0 Å². The van der Waals surface area contributed by atoms with Gasteiger partial charge in [0.15, 0.2) is 0 Å². The zero-order valence-electron chi connectivity index (χ0n) is 9.04. The molecule has 0 saturated carbocycles. The summed E-state index contributed by atoms with van der Waals surface area (Å²) < 4.78 is 13.8. The first-order chi connectivity index (χ1) is 7.08. The van der Waals surface area contributed by atoms with Gasteiger partial charge in [-0.25, -0.2) is 9.69 Å². The van der Waals surface area contributed by atoms with Gasteiger partial charge < -0.3 is 24.4 Å². The van der Waals surface area contributed by atoms with Gasteiger partial charge in [-0.2, -0.15) is 0 Å². The summed E-state index contributed by atoms with van der Waals surface area (Å²) in [5.41, 5.74) is 0. The number of hydrogen-bond acceptors (Lipinski definition) is 6. The van der Waals surface area contributed by atoms with Gasteiger partial charge in [0, 0.05) is 13.2 Å². The lowest BCUT2D eigenvalue weighted by Crippen LogP contribution is -2.49. The number of ether oxygens (including phenoxy) is 3. The van der Waals surface area contributed by atoms with E-state index in [1.807, 2.05) is 0 Å². The van der Waals surface area contributed by atoms with E-state index in [4.69, 9.17) is 9.47 Å². The van der Waals surface area contributed by atoms with E-state index in [0.717, 1.165) is 7.11 Å². The van der Waals surface area contributed by atoms with Crippen molar-refractivity contribution in [3.8, 4) is 0 Å². The van der Waals surface area contributed by atoms with Crippen molar-refractivity contribution in [2.75, 3.05) is 20.3 Å². The maximum absolute atomic E-state index is 11.2. The van der Waals surface area contributed by atoms with Crippen LogP contribution in [-0.2, 0) is 14.2 Å². The van der Waals surface area contributed by atoms with Crippen LogP contribution in [0, 0.1) is 0 Å². The number of rotatable bonds is 6. The fraction of sp³-hybridized carbons (Fsp3) is 0.875. The van der Waals surface area contributed by atoms with Crippen LogP contribution in [0.3, 0.4) is 0 Å². The maximum atomic E-state index is 11.2. The van der Waals surface area contributed by atoms with E-state index in [2.05, 4.69) is 4.74 Å². The molecule has 0 aromatic carbocycles. The van der Waals surface area contributed by atoms with Crippen LogP contribution in [0.4, 0.5) is 4.79 Å². The van der Waals surface area contributed by atoms with Crippen LogP contribution in [0.5, 0.6) is 0 Å². The normalized spacial score (nSPS) is 14.5. The maximum Gasteiger partial charge on any atom is 0.417 e. The molecule has 0 rings (SSSR count). The number of amides is 1. The lowest BCUT2D eigenvalue weighted by Gasteiger charge is -2.29. The highest BCUT2D eigenvalue weighted by Gasteiger charge is 2.30. The third-order valence-corrected chi connectivity index (χ3v) is 1.49. The number of carbonyl (C=O) groups is 1. The van der Waals surface area contributed by atoms with E-state index >= 15 is 0 Å². The molecule has 0 aromatic rings. The topological polar surface area (TPSA) is 88.5 Å². The van der Waals surface area contributed by atoms with Crippen molar-refractivity contribution in [3.05, 3.63) is 0 Å². The van der Waals surface area contributed by atoms with Gasteiger partial charge in [0.25, 0.3) is 0 Å². The summed E-state index contributed by atoms with van der Waals surface area (Å²) in [6.07, 6.45) is -4.16. The number of methoxy groups -OCH3 is 1. The Balaban J connectivity index is 4.48. The molecule has 2 unspecified atom stereocenters. The van der Waals surface area contributed by atoms with Gasteiger partial charge >= 0.3 is 6.09 Å². The Morgan fingerprint density at radius 1 is 1.20 bits per heavy atom. The molecule has 0 radical (unpaired) electrons. The molecule has 0 aliphatic heterocycles. The monoisotopic (exact) mass is 223 g/mol. The van der Waals surface area contributed by atoms with Crippen molar-refractivity contribution in [3.63, 3.8) is 0 Å². The minimum absolute atomic E-state index is 0.174. The molecule has 0 aliphatic rings. The minimum atomic E-state index is -1.61. The summed E-state index contributed by atoms with van der Waals surface area (Å²) in [5, 5.41) is 18.7. The van der Waals surface area contributed by atoms with E-state index in [-0.39, 0.29) is 13.2 Å². The SMILES string of the molecule is CCOC(O)N(C(=O)OC)C(O)OCC. The van der Waals surface area contributed by atoms with E-state index < -0.39 is 18.9 Å². The van der Waals surface area contributed by atoms with Crippen LogP contribution in [0.25, 0.3) is 0 Å². The second-order valence-electron chi connectivity index (χ2n) is 2.44. The second kappa shape index (κ2) is 7.41. The van der Waals surface area contributed by atoms with Gasteiger partial charge in [-0.15, -0.1) is 0 Å². The van der Waals surface area contributed by atoms with Crippen molar-refractivity contribution in [1.29, 1.82) is 0 Å². The highest BCUT2D eigenvalue weighted by molar-refractivity contribution is 5.67. The number of hydrogen-bond donors (Lipinski definition) is 2. The average molecular weight is 223 g/mol. The largest absolute Gasteiger partial charge is 0.453 e. The molecule has 2 atom stereocenters. The van der Waals surface area contributed by atoms with Gasteiger partial charge in [-0.3, -0.25) is 0 Å². The quantitative estimate of drug-likeness (QED) is 0.600. The highest BCUT2D eigenvalue weighted by Crippen LogP contribution is 2.07. The van der Waals surface area contributed by atoms with E-state index in [1.54, 1.807) is 13.8 Å². The average Bonchev–Trinajstić information content (AvgIpc) is 2.18. The molecule has 0 aromatic heterocycles. The Kier molecular flexibility index (Phi) is 6.97. The van der Waals surface area contributed by atoms with Crippen LogP contribution >= 0.6 is 0 Å². The van der Waals surface area contributed by atoms with Gasteiger partial charge in [-0.05, 0) is 13.8 Å². The first-order valence-corrected chi connectivity index (χ1v) is 4.54. The zero-order valence-corrected chi connectivity index (χ0v) is 9.04. The molecule has 2 N–H and O–H groups in total. The van der Waals surface area contributed by atoms with Gasteiger partial charge in [0.1, 0.15) is 0 Å². The summed E-state index contributed by atoms with van der Waals surface area (Å²) >= 11 is 0. The molecule has 0 saturated heterocycles. The fourth-order valence-electron chi connectivity index (χ4n) is 0.854. The van der Waals surface area contributed by atoms with Crippen LogP contribution in [0.15, 0.2) is 0 Å². The van der Waals surface area contributed by atoms with Gasteiger partial charge in [0.05, 0.1) is 7.11 Å². The molecule has 0 spiro atoms. The van der Waals surface area contributed by atoms with Crippen LogP contribution in [0.2, 0.25) is 0 Å². The van der Waals surface area contributed by atoms with Crippen LogP contribution in [0.1, 0.15) is 13.8 Å². The first-order valence-electron chi connectivity index (χ1n) is 4.54. The molecular formula is C8H17NO6. The molecule has 0 fully saturated rings. The predicted molar refractivity (Wildman–Crippen MR) is 49.5 cm³/mol. The number of nitrogens with zero attached hydrogens (tertiary/aromatic N) is 1. The van der Waals surface area contributed by atoms with Crippen molar-refractivity contribution >= 4 is 6.09 Å². The molecule has 1 amide bonds. The molecule has 0 aliphatic carbocycles. The third-order valence-electron chi connectivity index (χ3n) is 1.49. The summed E-state index contributed by atoms with van der Waals surface area (Å²) in [7, 11) is 1.12. The van der Waals surface area contributed by atoms with Gasteiger partial charge in [0.2, 0.25) is 12.8 Å². The Bertz CT molecular complexity index is 176. The van der Waals surface area contributed by atoms with E-state index in [1.165, 1.54) is 0 Å². The third kappa shape index (κ3) is 4.43. The summed E-state index contributed by atoms with van der Waals surface area (Å²) in [6.45, 7) is 3.61. The summed E-state index contributed by atoms with van der Waals surface area (Å²) in [5.74, 6) is 0. The number of aliphatic hydroxyl groups excluding tert-OH is 2. The second-order valence-corrected chi connectivity index (χ2v) is 2.44. The Morgan fingerprint density at radius 3 is 1.87 bits per heavy atom. The molecular weight excluding hydrogens is 206 g/mol. The van der Waals surface area contributed by atoms with Crippen molar-refractivity contribution in [2.45, 2.75) is 26.7 Å². The standard InChI is InChI=1S/C8H17NO6/c1-4-14-7(11)9(6(10)13-3)8(12)15-5-2/h7-8,11-12H,4-5H2,1-3H3. The minimum Gasteiger partial charge on any atom is -0.453 e. The number of aliphatic hydroxyl groups is 2. The lowest BCUT2D eigenvalue weighted by atomic mass is 10.7. The molecule has 90 valence electrons. The number of carbonyl (C=O) groups excluding carboxylic acids is 1. The Morgan fingerprint density at radius 2 is 1.60 bits per heavy atom. The zero-order chi connectivity index (χ0) is 11.8. The Labute approximate surface area is 88.1 Å². The van der Waals surface area contributed by atoms with Crippen molar-refractivity contribution in [1.82, 2.24) is 4.90 Å². The smallest absolute Gasteiger partial charge is 0.417 e. The predicted octanol–water partition coefficient (Wildman–Crippen LogP) is -0.320. The first kappa shape index (κ1) is 14.1. The Hall–Kier alpha value is -0.890. The van der Waals surface area contributed by atoms with Gasteiger partial charge in [-0.1, -0.05) is 0 Å². The molecule has 15 heavy (non-hydrogen) atoms. The molecule has 7 heteroatoms. The lowest BCUT2D eigenvalue weighted by molar-refractivity contribution is -0.276. The molecule has 7 nitrogen and oxygen atoms in total. The van der Waals surface area contributed by atoms with Crippen LogP contribution < -0.4 is 0 Å². The van der Waals surface area contributed by atoms with Crippen molar-refractivity contribution < 1.29 is 29.2 Å². The molecule has 0 bridgehead atoms. The van der Waals surface area contributed by atoms with Crippen LogP contribution in [-0.4, -0.2) is 54.4 Å². The summed E-state index contributed by atoms with van der Waals surface area (Å²) in [6, 6.07) is 0. The highest BCUT2D eigenvalue weighted by atomic mass is 16.7. The van der Waals surface area contributed by atoms with E-state index in [0.29, 0.717) is 4.90 Å². The summed E-state index contributed by atoms with van der Waals surface area (Å²) in [4.78, 5) is 11.7. The van der Waals surface area contributed by atoms with Crippen molar-refractivity contribution in [2.24, 2.45) is 0 Å².